The smallest absolute Gasteiger partial charge is 0.201 e. The van der Waals surface area contributed by atoms with Crippen molar-refractivity contribution in [1.29, 1.82) is 0 Å². The monoisotopic (exact) mass is 176 g/mol. The number of nitrogens with two attached hydrogens (primary N) is 2. The fourth-order valence-electron chi connectivity index (χ4n) is 1.46. The summed E-state index contributed by atoms with van der Waals surface area (Å²) in [6.07, 6.45) is 0. The van der Waals surface area contributed by atoms with Crippen molar-refractivity contribution >= 4 is 17.0 Å². The molecule has 4 N–H and O–H groups in total. The molecule has 0 aliphatic heterocycles. The average molecular weight is 176 g/mol. The first kappa shape index (κ1) is 8.07. The van der Waals surface area contributed by atoms with Gasteiger partial charge in [0.25, 0.3) is 0 Å². The lowest BCUT2D eigenvalue weighted by Crippen LogP contribution is -2.11. The molecular formula is C9H12N4. The third kappa shape index (κ3) is 1.25. The molecule has 0 fully saturated rings. The highest BCUT2D eigenvalue weighted by Crippen LogP contribution is 2.16. The fraction of sp³-hybridized carbons (Fsp3) is 0.222. The van der Waals surface area contributed by atoms with Crippen molar-refractivity contribution in [3.8, 4) is 0 Å². The largest absolute Gasteiger partial charge is 0.369 e. The van der Waals surface area contributed by atoms with E-state index in [9.17, 15) is 0 Å². The Morgan fingerprint density at radius 2 is 2.08 bits per heavy atom. The van der Waals surface area contributed by atoms with Gasteiger partial charge in [-0.15, -0.1) is 0 Å². The van der Waals surface area contributed by atoms with Gasteiger partial charge in [-0.3, -0.25) is 0 Å². The molecule has 1 aromatic heterocycles. The molecule has 4 heteroatoms. The highest BCUT2D eigenvalue weighted by molar-refractivity contribution is 5.78. The van der Waals surface area contributed by atoms with Crippen LogP contribution in [0, 0.1) is 0 Å². The summed E-state index contributed by atoms with van der Waals surface area (Å²) in [5, 5.41) is 0. The van der Waals surface area contributed by atoms with E-state index < -0.39 is 0 Å². The van der Waals surface area contributed by atoms with Crippen LogP contribution in [0.3, 0.4) is 0 Å². The van der Waals surface area contributed by atoms with Gasteiger partial charge in [-0.2, -0.15) is 0 Å². The number of hydrogen-bond acceptors (Lipinski definition) is 3. The molecule has 0 atom stereocenters. The maximum Gasteiger partial charge on any atom is 0.201 e. The Balaban J connectivity index is 2.64. The maximum atomic E-state index is 5.74. The number of rotatable bonds is 2. The number of fused-ring (bicyclic) bond motifs is 1. The molecule has 1 aromatic carbocycles. The Bertz CT molecular complexity index is 418. The SMILES string of the molecule is NCCn1c(N)nc2ccccc21. The van der Waals surface area contributed by atoms with E-state index in [2.05, 4.69) is 4.98 Å². The summed E-state index contributed by atoms with van der Waals surface area (Å²) in [5.74, 6) is 0.534. The second kappa shape index (κ2) is 3.06. The lowest BCUT2D eigenvalue weighted by atomic mass is 10.3. The number of aromatic nitrogens is 2. The summed E-state index contributed by atoms with van der Waals surface area (Å²) >= 11 is 0. The molecule has 0 aliphatic rings. The van der Waals surface area contributed by atoms with Crippen molar-refractivity contribution < 1.29 is 0 Å². The van der Waals surface area contributed by atoms with Crippen LogP contribution in [0.5, 0.6) is 0 Å². The van der Waals surface area contributed by atoms with E-state index in [4.69, 9.17) is 11.5 Å². The summed E-state index contributed by atoms with van der Waals surface area (Å²) in [7, 11) is 0. The highest BCUT2D eigenvalue weighted by atomic mass is 15.2. The molecule has 0 bridgehead atoms. The molecule has 4 nitrogen and oxygen atoms in total. The maximum absolute atomic E-state index is 5.74. The predicted octanol–water partition coefficient (Wildman–Crippen LogP) is 0.577. The molecule has 0 unspecified atom stereocenters. The third-order valence-electron chi connectivity index (χ3n) is 2.04. The second-order valence-electron chi connectivity index (χ2n) is 2.90. The Kier molecular flexibility index (Phi) is 1.90. The number of nitrogen functional groups attached to an aromatic ring is 1. The van der Waals surface area contributed by atoms with Crippen LogP contribution in [0.25, 0.3) is 11.0 Å². The lowest BCUT2D eigenvalue weighted by Gasteiger charge is -2.02. The van der Waals surface area contributed by atoms with E-state index in [-0.39, 0.29) is 0 Å². The first-order chi connectivity index (χ1) is 6.33. The van der Waals surface area contributed by atoms with Gasteiger partial charge in [-0.1, -0.05) is 12.1 Å². The van der Waals surface area contributed by atoms with Crippen LogP contribution in [-0.2, 0) is 6.54 Å². The highest BCUT2D eigenvalue weighted by Gasteiger charge is 2.04. The predicted molar refractivity (Wildman–Crippen MR) is 53.2 cm³/mol. The summed E-state index contributed by atoms with van der Waals surface area (Å²) < 4.78 is 1.93. The molecular weight excluding hydrogens is 164 g/mol. The summed E-state index contributed by atoms with van der Waals surface area (Å²) in [5.41, 5.74) is 13.2. The van der Waals surface area contributed by atoms with Gasteiger partial charge in [-0.25, -0.2) is 4.98 Å². The van der Waals surface area contributed by atoms with Crippen LogP contribution in [0.4, 0.5) is 5.95 Å². The van der Waals surface area contributed by atoms with Gasteiger partial charge in [0, 0.05) is 13.1 Å². The molecule has 2 rings (SSSR count). The Morgan fingerprint density at radius 1 is 1.31 bits per heavy atom. The molecule has 13 heavy (non-hydrogen) atoms. The lowest BCUT2D eigenvalue weighted by molar-refractivity contribution is 0.738. The van der Waals surface area contributed by atoms with Gasteiger partial charge in [0.1, 0.15) is 0 Å². The van der Waals surface area contributed by atoms with Crippen molar-refractivity contribution in [3.63, 3.8) is 0 Å². The number of anilines is 1. The number of para-hydroxylation sites is 2. The minimum absolute atomic E-state index is 0.534. The number of hydrogen-bond donors (Lipinski definition) is 2. The average Bonchev–Trinajstić information content (AvgIpc) is 2.44. The molecule has 0 spiro atoms. The zero-order valence-electron chi connectivity index (χ0n) is 7.27. The first-order valence-corrected chi connectivity index (χ1v) is 4.23. The molecule has 0 saturated carbocycles. The van der Waals surface area contributed by atoms with E-state index >= 15 is 0 Å². The molecule has 0 amide bonds. The van der Waals surface area contributed by atoms with Crippen LogP contribution >= 0.6 is 0 Å². The van der Waals surface area contributed by atoms with Crippen molar-refractivity contribution in [1.82, 2.24) is 9.55 Å². The molecule has 0 aliphatic carbocycles. The first-order valence-electron chi connectivity index (χ1n) is 4.23. The summed E-state index contributed by atoms with van der Waals surface area (Å²) in [4.78, 5) is 4.22. The second-order valence-corrected chi connectivity index (χ2v) is 2.90. The third-order valence-corrected chi connectivity index (χ3v) is 2.04. The molecule has 0 saturated heterocycles. The zero-order valence-corrected chi connectivity index (χ0v) is 7.27. The quantitative estimate of drug-likeness (QED) is 0.703. The van der Waals surface area contributed by atoms with E-state index in [1.807, 2.05) is 28.8 Å². The van der Waals surface area contributed by atoms with Crippen LogP contribution < -0.4 is 11.5 Å². The molecule has 0 radical (unpaired) electrons. The normalized spacial score (nSPS) is 10.8. The minimum atomic E-state index is 0.534. The van der Waals surface area contributed by atoms with Gasteiger partial charge < -0.3 is 16.0 Å². The minimum Gasteiger partial charge on any atom is -0.369 e. The summed E-state index contributed by atoms with van der Waals surface area (Å²) in [6, 6.07) is 7.85. The van der Waals surface area contributed by atoms with Gasteiger partial charge in [-0.05, 0) is 12.1 Å². The fourth-order valence-corrected chi connectivity index (χ4v) is 1.46. The topological polar surface area (TPSA) is 69.9 Å². The summed E-state index contributed by atoms with van der Waals surface area (Å²) in [6.45, 7) is 1.29. The van der Waals surface area contributed by atoms with Gasteiger partial charge in [0.2, 0.25) is 5.95 Å². The number of imidazole rings is 1. The van der Waals surface area contributed by atoms with Gasteiger partial charge in [0.05, 0.1) is 11.0 Å². The van der Waals surface area contributed by atoms with Crippen LogP contribution in [0.1, 0.15) is 0 Å². The van der Waals surface area contributed by atoms with E-state index in [0.29, 0.717) is 19.0 Å². The van der Waals surface area contributed by atoms with Gasteiger partial charge in [0.15, 0.2) is 0 Å². The van der Waals surface area contributed by atoms with Crippen molar-refractivity contribution in [2.75, 3.05) is 12.3 Å². The molecule has 68 valence electrons. The molecule has 1 heterocycles. The Morgan fingerprint density at radius 3 is 2.85 bits per heavy atom. The van der Waals surface area contributed by atoms with E-state index in [0.717, 1.165) is 11.0 Å². The van der Waals surface area contributed by atoms with E-state index in [1.54, 1.807) is 0 Å². The van der Waals surface area contributed by atoms with Crippen LogP contribution in [0.15, 0.2) is 24.3 Å². The van der Waals surface area contributed by atoms with Crippen LogP contribution in [-0.4, -0.2) is 16.1 Å². The number of benzene rings is 1. The van der Waals surface area contributed by atoms with Crippen molar-refractivity contribution in [3.05, 3.63) is 24.3 Å². The van der Waals surface area contributed by atoms with Crippen molar-refractivity contribution in [2.45, 2.75) is 6.54 Å². The Labute approximate surface area is 76.2 Å². The van der Waals surface area contributed by atoms with Crippen LogP contribution in [0.2, 0.25) is 0 Å². The Hall–Kier alpha value is -1.55. The van der Waals surface area contributed by atoms with Crippen molar-refractivity contribution in [2.24, 2.45) is 5.73 Å². The zero-order chi connectivity index (χ0) is 9.26. The molecule has 2 aromatic rings. The standard InChI is InChI=1S/C9H12N4/c10-5-6-13-8-4-2-1-3-7(8)12-9(13)11/h1-4H,5-6,10H2,(H2,11,12). The van der Waals surface area contributed by atoms with E-state index in [1.165, 1.54) is 0 Å². The van der Waals surface area contributed by atoms with Gasteiger partial charge >= 0.3 is 0 Å². The number of nitrogens with zero attached hydrogens (tertiary/aromatic N) is 2.